The van der Waals surface area contributed by atoms with Crippen LogP contribution in [0.5, 0.6) is 5.75 Å². The molecule has 7 heteroatoms. The maximum atomic E-state index is 9.84. The Morgan fingerprint density at radius 2 is 2.15 bits per heavy atom. The highest BCUT2D eigenvalue weighted by molar-refractivity contribution is 7.99. The first-order chi connectivity index (χ1) is 15.9. The number of pyridine rings is 1. The van der Waals surface area contributed by atoms with Crippen molar-refractivity contribution < 1.29 is 9.84 Å². The van der Waals surface area contributed by atoms with Gasteiger partial charge in [-0.15, -0.1) is 10.2 Å². The summed E-state index contributed by atoms with van der Waals surface area (Å²) in [6.45, 7) is 5.59. The van der Waals surface area contributed by atoms with Crippen LogP contribution >= 0.6 is 11.8 Å². The Labute approximate surface area is 199 Å². The minimum Gasteiger partial charge on any atom is -0.486 e. The van der Waals surface area contributed by atoms with Gasteiger partial charge in [0.1, 0.15) is 18.0 Å². The number of hydrogen-bond donors (Lipinski definition) is 1. The van der Waals surface area contributed by atoms with E-state index in [4.69, 9.17) is 4.74 Å². The number of benzene rings is 1. The average Bonchev–Trinajstić information content (AvgIpc) is 3.20. The van der Waals surface area contributed by atoms with Crippen molar-refractivity contribution in [3.05, 3.63) is 71.8 Å². The van der Waals surface area contributed by atoms with E-state index >= 15 is 0 Å². The van der Waals surface area contributed by atoms with Crippen molar-refractivity contribution in [1.82, 2.24) is 19.7 Å². The van der Waals surface area contributed by atoms with Crippen molar-refractivity contribution in [3.63, 3.8) is 0 Å². The van der Waals surface area contributed by atoms with E-state index in [0.29, 0.717) is 11.1 Å². The van der Waals surface area contributed by atoms with Crippen molar-refractivity contribution in [2.24, 2.45) is 0 Å². The zero-order valence-corrected chi connectivity index (χ0v) is 20.0. The van der Waals surface area contributed by atoms with Crippen LogP contribution in [0.4, 0.5) is 0 Å². The Hall–Kier alpha value is -3.08. The number of hydrogen-bond acceptors (Lipinski definition) is 6. The van der Waals surface area contributed by atoms with Crippen molar-refractivity contribution in [3.8, 4) is 23.3 Å². The van der Waals surface area contributed by atoms with Gasteiger partial charge in [-0.25, -0.2) is 0 Å². The molecule has 1 atom stereocenters. The molecular weight excluding hydrogens is 432 g/mol. The minimum atomic E-state index is -1.03. The van der Waals surface area contributed by atoms with Gasteiger partial charge in [0.15, 0.2) is 11.0 Å². The number of ether oxygens (including phenoxy) is 1. The second kappa shape index (κ2) is 10.2. The molecule has 4 rings (SSSR count). The molecule has 33 heavy (non-hydrogen) atoms. The molecule has 0 spiro atoms. The lowest BCUT2D eigenvalue weighted by atomic mass is 10.1. The topological polar surface area (TPSA) is 73.1 Å². The fraction of sp³-hybridized carbons (Fsp3) is 0.346. The van der Waals surface area contributed by atoms with Crippen LogP contribution in [0.2, 0.25) is 0 Å². The first-order valence-electron chi connectivity index (χ1n) is 11.1. The van der Waals surface area contributed by atoms with Crippen LogP contribution in [0.1, 0.15) is 50.1 Å². The zero-order valence-electron chi connectivity index (χ0n) is 19.2. The lowest BCUT2D eigenvalue weighted by Gasteiger charge is -2.16. The van der Waals surface area contributed by atoms with E-state index in [1.54, 1.807) is 31.8 Å². The van der Waals surface area contributed by atoms with Crippen LogP contribution < -0.4 is 4.74 Å². The number of allylic oxidation sites excluding steroid dienone is 1. The Morgan fingerprint density at radius 3 is 2.85 bits per heavy atom. The van der Waals surface area contributed by atoms with E-state index in [2.05, 4.69) is 39.2 Å². The predicted octanol–water partition coefficient (Wildman–Crippen LogP) is 4.87. The molecule has 170 valence electrons. The monoisotopic (exact) mass is 460 g/mol. The van der Waals surface area contributed by atoms with Crippen LogP contribution in [0, 0.1) is 18.8 Å². The highest BCUT2D eigenvalue weighted by atomic mass is 32.2. The second-order valence-corrected chi connectivity index (χ2v) is 9.74. The molecule has 2 heterocycles. The van der Waals surface area contributed by atoms with Crippen LogP contribution in [0.3, 0.4) is 0 Å². The molecule has 6 nitrogen and oxygen atoms in total. The molecule has 2 aromatic heterocycles. The molecule has 1 aliphatic carbocycles. The van der Waals surface area contributed by atoms with E-state index in [-0.39, 0.29) is 6.61 Å². The Bertz CT molecular complexity index is 1190. The average molecular weight is 461 g/mol. The Morgan fingerprint density at radius 1 is 1.27 bits per heavy atom. The highest BCUT2D eigenvalue weighted by Gasteiger charge is 2.19. The fourth-order valence-electron chi connectivity index (χ4n) is 3.46. The number of rotatable bonds is 6. The summed E-state index contributed by atoms with van der Waals surface area (Å²) >= 11 is 1.72. The summed E-state index contributed by atoms with van der Waals surface area (Å²) in [4.78, 5) is 4.27. The summed E-state index contributed by atoms with van der Waals surface area (Å²) in [6.07, 6.45) is 11.5. The molecule has 0 saturated carbocycles. The van der Waals surface area contributed by atoms with Gasteiger partial charge in [0.25, 0.3) is 0 Å². The van der Waals surface area contributed by atoms with Gasteiger partial charge in [-0.1, -0.05) is 35.8 Å². The summed E-state index contributed by atoms with van der Waals surface area (Å²) in [7, 11) is 0. The third-order valence-electron chi connectivity index (χ3n) is 5.14. The Kier molecular flexibility index (Phi) is 7.17. The van der Waals surface area contributed by atoms with E-state index in [0.717, 1.165) is 40.6 Å². The minimum absolute atomic E-state index is 0.275. The van der Waals surface area contributed by atoms with Gasteiger partial charge in [-0.3, -0.25) is 9.55 Å². The Balaban J connectivity index is 1.54. The van der Waals surface area contributed by atoms with Gasteiger partial charge in [0.05, 0.1) is 11.9 Å². The quantitative estimate of drug-likeness (QED) is 0.418. The van der Waals surface area contributed by atoms with E-state index < -0.39 is 5.60 Å². The molecular formula is C26H28N4O2S. The van der Waals surface area contributed by atoms with Gasteiger partial charge in [0, 0.05) is 17.0 Å². The summed E-state index contributed by atoms with van der Waals surface area (Å²) in [5, 5.41) is 20.0. The molecule has 1 unspecified atom stereocenters. The predicted molar refractivity (Wildman–Crippen MR) is 130 cm³/mol. The molecule has 0 amide bonds. The molecule has 1 N–H and O–H groups in total. The van der Waals surface area contributed by atoms with Crippen LogP contribution in [0.15, 0.2) is 60.0 Å². The summed E-state index contributed by atoms with van der Waals surface area (Å²) in [5.74, 6) is 7.32. The molecule has 3 aromatic rings. The SMILES string of the molecule is Cc1cc(OCc2nnc(SC3C=CCCC3)n2-c2cccnc2)ccc1C#CC(C)(C)O. The smallest absolute Gasteiger partial charge is 0.196 e. The van der Waals surface area contributed by atoms with Gasteiger partial charge < -0.3 is 9.84 Å². The standard InChI is InChI=1S/C26H28N4O2S/c1-19-16-22(12-11-20(19)13-14-26(2,3)31)32-18-24-28-29-25(33-23-9-5-4-6-10-23)30(24)21-8-7-15-27-17-21/h5,7-9,11-12,15-17,23,31H,4,6,10,18H2,1-3H3. The third kappa shape index (κ3) is 6.25. The molecule has 0 fully saturated rings. The number of aryl methyl sites for hydroxylation is 1. The first kappa shape index (κ1) is 23.1. The molecule has 0 radical (unpaired) electrons. The van der Waals surface area contributed by atoms with E-state index in [1.165, 1.54) is 6.42 Å². The normalized spacial score (nSPS) is 15.7. The summed E-state index contributed by atoms with van der Waals surface area (Å²) < 4.78 is 8.10. The fourth-order valence-corrected chi connectivity index (χ4v) is 4.61. The van der Waals surface area contributed by atoms with Crippen molar-refractivity contribution >= 4 is 11.8 Å². The van der Waals surface area contributed by atoms with Gasteiger partial charge in [-0.2, -0.15) is 0 Å². The van der Waals surface area contributed by atoms with Gasteiger partial charge in [-0.05, 0) is 75.9 Å². The molecule has 1 aliphatic rings. The van der Waals surface area contributed by atoms with Crippen LogP contribution in [-0.4, -0.2) is 35.7 Å². The third-order valence-corrected chi connectivity index (χ3v) is 6.31. The molecule has 1 aromatic carbocycles. The maximum Gasteiger partial charge on any atom is 0.196 e. The number of thioether (sulfide) groups is 1. The molecule has 0 saturated heterocycles. The first-order valence-corrected chi connectivity index (χ1v) is 11.9. The van der Waals surface area contributed by atoms with Crippen molar-refractivity contribution in [2.75, 3.05) is 0 Å². The lowest BCUT2D eigenvalue weighted by molar-refractivity contribution is 0.143. The van der Waals surface area contributed by atoms with Gasteiger partial charge in [0.2, 0.25) is 0 Å². The number of aliphatic hydroxyl groups is 1. The largest absolute Gasteiger partial charge is 0.486 e. The van der Waals surface area contributed by atoms with Crippen LogP contribution in [-0.2, 0) is 6.61 Å². The summed E-state index contributed by atoms with van der Waals surface area (Å²) in [6, 6.07) is 9.65. The lowest BCUT2D eigenvalue weighted by Crippen LogP contribution is -2.14. The van der Waals surface area contributed by atoms with Crippen LogP contribution in [0.25, 0.3) is 5.69 Å². The zero-order chi connectivity index (χ0) is 23.3. The molecule has 0 aliphatic heterocycles. The number of aromatic nitrogens is 4. The number of nitrogens with zero attached hydrogens (tertiary/aromatic N) is 4. The van der Waals surface area contributed by atoms with Crippen molar-refractivity contribution in [2.45, 2.75) is 62.6 Å². The maximum absolute atomic E-state index is 9.84. The van der Waals surface area contributed by atoms with Gasteiger partial charge >= 0.3 is 0 Å². The highest BCUT2D eigenvalue weighted by Crippen LogP contribution is 2.31. The van der Waals surface area contributed by atoms with E-state index in [9.17, 15) is 5.11 Å². The van der Waals surface area contributed by atoms with E-state index in [1.807, 2.05) is 48.0 Å². The summed E-state index contributed by atoms with van der Waals surface area (Å²) in [5.41, 5.74) is 1.73. The van der Waals surface area contributed by atoms with Crippen molar-refractivity contribution in [1.29, 1.82) is 0 Å². The molecule has 0 bridgehead atoms. The second-order valence-electron chi connectivity index (χ2n) is 8.54.